The van der Waals surface area contributed by atoms with E-state index >= 15 is 0 Å². The quantitative estimate of drug-likeness (QED) is 0.228. The van der Waals surface area contributed by atoms with E-state index in [9.17, 15) is 23.6 Å². The van der Waals surface area contributed by atoms with Crippen LogP contribution in [0.5, 0.6) is 0 Å². The van der Waals surface area contributed by atoms with Gasteiger partial charge >= 0.3 is 6.09 Å². The third-order valence-corrected chi connectivity index (χ3v) is 8.47. The number of imidazole rings is 1. The van der Waals surface area contributed by atoms with Gasteiger partial charge in [-0.1, -0.05) is 49.4 Å². The lowest BCUT2D eigenvalue weighted by molar-refractivity contribution is -0.135. The molecule has 0 aliphatic carbocycles. The van der Waals surface area contributed by atoms with Crippen molar-refractivity contribution in [3.63, 3.8) is 0 Å². The summed E-state index contributed by atoms with van der Waals surface area (Å²) in [6.45, 7) is 11.6. The molecule has 2 heterocycles. The van der Waals surface area contributed by atoms with Crippen molar-refractivity contribution in [2.45, 2.75) is 96.9 Å². The number of nitrogens with zero attached hydrogens (tertiary/aromatic N) is 3. The molecule has 3 aromatic rings. The van der Waals surface area contributed by atoms with Crippen molar-refractivity contribution in [1.82, 2.24) is 25.1 Å². The molecule has 4 rings (SSSR count). The normalized spacial score (nSPS) is 15.2. The highest BCUT2D eigenvalue weighted by molar-refractivity contribution is 5.98. The number of nitrogens with one attached hydrogen (secondary N) is 3. The van der Waals surface area contributed by atoms with Gasteiger partial charge in [0.05, 0.1) is 6.33 Å². The van der Waals surface area contributed by atoms with E-state index in [1.165, 1.54) is 32.3 Å². The summed E-state index contributed by atoms with van der Waals surface area (Å²) in [5, 5.41) is 8.19. The van der Waals surface area contributed by atoms with Gasteiger partial charge in [-0.3, -0.25) is 14.4 Å². The zero-order chi connectivity index (χ0) is 35.8. The van der Waals surface area contributed by atoms with E-state index < -0.39 is 46.9 Å². The first-order valence-electron chi connectivity index (χ1n) is 16.9. The monoisotopic (exact) mass is 676 g/mol. The maximum Gasteiger partial charge on any atom is 0.408 e. The molecule has 1 fully saturated rings. The Morgan fingerprint density at radius 3 is 2.27 bits per heavy atom. The molecule has 2 atom stereocenters. The second-order valence-corrected chi connectivity index (χ2v) is 14.3. The van der Waals surface area contributed by atoms with Gasteiger partial charge in [0.1, 0.15) is 29.0 Å². The summed E-state index contributed by atoms with van der Waals surface area (Å²) in [7, 11) is 0. The number of aryl methyl sites for hydroxylation is 1. The maximum atomic E-state index is 13.8. The molecule has 2 aromatic carbocycles. The van der Waals surface area contributed by atoms with Crippen LogP contribution in [0, 0.1) is 11.7 Å². The number of piperidine rings is 1. The lowest BCUT2D eigenvalue weighted by Gasteiger charge is -2.33. The molecule has 1 unspecified atom stereocenters. The Balaban J connectivity index is 1.52. The molecule has 0 spiro atoms. The smallest absolute Gasteiger partial charge is 0.408 e. The zero-order valence-corrected chi connectivity index (χ0v) is 29.3. The number of anilines is 1. The van der Waals surface area contributed by atoms with E-state index in [1.54, 1.807) is 43.7 Å². The number of alkyl carbamates (subject to hydrolysis) is 1. The first-order chi connectivity index (χ1) is 23.1. The van der Waals surface area contributed by atoms with Crippen LogP contribution in [0.25, 0.3) is 0 Å². The van der Waals surface area contributed by atoms with Crippen LogP contribution >= 0.6 is 0 Å². The van der Waals surface area contributed by atoms with Gasteiger partial charge in [-0.25, -0.2) is 14.2 Å². The average Bonchev–Trinajstić information content (AvgIpc) is 3.48. The highest BCUT2D eigenvalue weighted by Gasteiger charge is 2.35. The van der Waals surface area contributed by atoms with Crippen LogP contribution in [0.3, 0.4) is 0 Å². The number of benzene rings is 2. The first-order valence-corrected chi connectivity index (χ1v) is 16.9. The number of rotatable bonds is 12. The van der Waals surface area contributed by atoms with Crippen LogP contribution in [0.15, 0.2) is 67.1 Å². The van der Waals surface area contributed by atoms with Crippen molar-refractivity contribution in [1.29, 1.82) is 0 Å². The van der Waals surface area contributed by atoms with Crippen molar-refractivity contribution in [3.8, 4) is 0 Å². The highest BCUT2D eigenvalue weighted by atomic mass is 19.1. The largest absolute Gasteiger partial charge is 0.444 e. The summed E-state index contributed by atoms with van der Waals surface area (Å²) in [5.41, 5.74) is -0.465. The van der Waals surface area contributed by atoms with Crippen LogP contribution < -0.4 is 16.0 Å². The number of carbonyl (C=O) groups is 4. The number of hydrogen-bond donors (Lipinski definition) is 3. The third kappa shape index (κ3) is 10.9. The van der Waals surface area contributed by atoms with Crippen molar-refractivity contribution in [2.75, 3.05) is 18.4 Å². The fraction of sp³-hybridized carbons (Fsp3) is 0.486. The molecule has 264 valence electrons. The maximum absolute atomic E-state index is 13.8. The minimum atomic E-state index is -1.39. The lowest BCUT2D eigenvalue weighted by Crippen LogP contribution is -2.58. The molecule has 4 amide bonds. The van der Waals surface area contributed by atoms with Gasteiger partial charge in [-0.05, 0) is 95.9 Å². The number of ether oxygens (including phenoxy) is 1. The van der Waals surface area contributed by atoms with Crippen LogP contribution in [-0.4, -0.2) is 68.5 Å². The van der Waals surface area contributed by atoms with Crippen LogP contribution in [0.1, 0.15) is 84.4 Å². The van der Waals surface area contributed by atoms with Gasteiger partial charge in [-0.2, -0.15) is 0 Å². The Morgan fingerprint density at radius 1 is 0.980 bits per heavy atom. The van der Waals surface area contributed by atoms with Gasteiger partial charge in [0.15, 0.2) is 5.82 Å². The van der Waals surface area contributed by atoms with Crippen molar-refractivity contribution < 1.29 is 28.3 Å². The molecule has 12 heteroatoms. The molecule has 1 aliphatic heterocycles. The number of hydrogen-bond acceptors (Lipinski definition) is 6. The summed E-state index contributed by atoms with van der Waals surface area (Å²) in [6, 6.07) is 13.8. The van der Waals surface area contributed by atoms with E-state index in [1.807, 2.05) is 35.2 Å². The predicted octanol–water partition coefficient (Wildman–Crippen LogP) is 5.62. The summed E-state index contributed by atoms with van der Waals surface area (Å²) in [5.74, 6) is -0.908. The Kier molecular flexibility index (Phi) is 12.2. The molecular weight excluding hydrogens is 627 g/mol. The Morgan fingerprint density at radius 2 is 1.63 bits per heavy atom. The topological polar surface area (TPSA) is 135 Å². The summed E-state index contributed by atoms with van der Waals surface area (Å²) < 4.78 is 20.8. The molecule has 3 N–H and O–H groups in total. The molecular formula is C37H49FN6O5. The van der Waals surface area contributed by atoms with Crippen molar-refractivity contribution in [2.24, 2.45) is 5.92 Å². The second-order valence-electron chi connectivity index (χ2n) is 14.3. The van der Waals surface area contributed by atoms with Gasteiger partial charge < -0.3 is 30.2 Å². The van der Waals surface area contributed by atoms with E-state index in [4.69, 9.17) is 4.74 Å². The zero-order valence-electron chi connectivity index (χ0n) is 29.3. The van der Waals surface area contributed by atoms with Crippen LogP contribution in [0.2, 0.25) is 0 Å². The number of likely N-dealkylation sites (tertiary alicyclic amines) is 1. The molecule has 0 saturated carbocycles. The number of aromatic nitrogens is 2. The van der Waals surface area contributed by atoms with Gasteiger partial charge in [0, 0.05) is 19.3 Å². The summed E-state index contributed by atoms with van der Waals surface area (Å²) in [4.78, 5) is 59.6. The predicted molar refractivity (Wildman–Crippen MR) is 185 cm³/mol. The minimum Gasteiger partial charge on any atom is -0.444 e. The summed E-state index contributed by atoms with van der Waals surface area (Å²) in [6.07, 6.45) is 5.64. The highest BCUT2D eigenvalue weighted by Crippen LogP contribution is 2.26. The fourth-order valence-corrected chi connectivity index (χ4v) is 5.62. The second kappa shape index (κ2) is 16.1. The van der Waals surface area contributed by atoms with E-state index in [0.717, 1.165) is 18.4 Å². The fourth-order valence-electron chi connectivity index (χ4n) is 5.62. The van der Waals surface area contributed by atoms with Gasteiger partial charge in [0.2, 0.25) is 17.7 Å². The molecule has 49 heavy (non-hydrogen) atoms. The minimum absolute atomic E-state index is 0.139. The average molecular weight is 677 g/mol. The number of amides is 4. The Labute approximate surface area is 288 Å². The summed E-state index contributed by atoms with van der Waals surface area (Å²) >= 11 is 0. The van der Waals surface area contributed by atoms with Crippen molar-refractivity contribution in [3.05, 3.63) is 84.1 Å². The lowest BCUT2D eigenvalue weighted by atomic mass is 9.97. The standard InChI is InChI=1S/C37H49FN6O5/c1-25-19-21-43(22-20-25)33(46)31(27-15-17-28(38)18-16-27)44-23-30(39-24-44)41-32(45)29(14-10-13-26-11-8-7-9-12-26)40-34(47)37(5,6)42-35(48)49-36(2,3)4/h7-9,11-12,15-18,23-25,29,31H,10,13-14,19-22H2,1-6H3,(H,40,47)(H,41,45)(H,42,48)/t29-,31?/m1/s1. The van der Waals surface area contributed by atoms with Gasteiger partial charge in [0.25, 0.3) is 0 Å². The van der Waals surface area contributed by atoms with E-state index in [2.05, 4.69) is 27.9 Å². The van der Waals surface area contributed by atoms with Gasteiger partial charge in [-0.15, -0.1) is 0 Å². The van der Waals surface area contributed by atoms with E-state index in [-0.39, 0.29) is 11.7 Å². The van der Waals surface area contributed by atoms with Crippen LogP contribution in [0.4, 0.5) is 15.0 Å². The molecule has 11 nitrogen and oxygen atoms in total. The third-order valence-electron chi connectivity index (χ3n) is 8.47. The molecule has 1 aromatic heterocycles. The number of halogens is 1. The first kappa shape index (κ1) is 37.1. The molecule has 1 aliphatic rings. The molecule has 0 bridgehead atoms. The van der Waals surface area contributed by atoms with Crippen LogP contribution in [-0.2, 0) is 25.5 Å². The Bertz CT molecular complexity index is 1580. The Hall–Kier alpha value is -4.74. The van der Waals surface area contributed by atoms with E-state index in [0.29, 0.717) is 43.8 Å². The number of carbonyl (C=O) groups excluding carboxylic acids is 4. The molecule has 1 saturated heterocycles. The SMILES string of the molecule is CC1CCN(C(=O)C(c2ccc(F)cc2)n2cnc(NC(=O)[C@@H](CCCc3ccccc3)NC(=O)C(C)(C)NC(=O)OC(C)(C)C)c2)CC1. The molecule has 0 radical (unpaired) electrons. The van der Waals surface area contributed by atoms with Crippen molar-refractivity contribution >= 4 is 29.6 Å².